The minimum Gasteiger partial charge on any atom is -0.481 e. The zero-order valence-electron chi connectivity index (χ0n) is 16.8. The van der Waals surface area contributed by atoms with Crippen LogP contribution in [-0.4, -0.2) is 17.9 Å². The molecule has 0 aliphatic carbocycles. The average molecular weight is 423 g/mol. The molecule has 0 spiro atoms. The number of rotatable bonds is 7. The monoisotopic (exact) mass is 422 g/mol. The quantitative estimate of drug-likeness (QED) is 0.564. The Labute approximate surface area is 181 Å². The lowest BCUT2D eigenvalue weighted by atomic mass is 10.2. The molecule has 0 aliphatic heterocycles. The van der Waals surface area contributed by atoms with Gasteiger partial charge < -0.3 is 15.4 Å². The summed E-state index contributed by atoms with van der Waals surface area (Å²) in [6.45, 7) is 4.01. The van der Waals surface area contributed by atoms with Gasteiger partial charge in [0, 0.05) is 22.8 Å². The molecule has 2 N–H and O–H groups in total. The van der Waals surface area contributed by atoms with Gasteiger partial charge in [-0.3, -0.25) is 9.59 Å². The molecule has 1 atom stereocenters. The normalized spacial score (nSPS) is 11.4. The van der Waals surface area contributed by atoms with Crippen LogP contribution < -0.4 is 15.4 Å². The molecular formula is C24H23ClN2O3. The minimum atomic E-state index is -0.720. The van der Waals surface area contributed by atoms with Crippen molar-refractivity contribution in [1.29, 1.82) is 0 Å². The zero-order valence-corrected chi connectivity index (χ0v) is 17.6. The van der Waals surface area contributed by atoms with E-state index in [0.717, 1.165) is 11.1 Å². The second-order valence-corrected chi connectivity index (χ2v) is 7.31. The first-order valence-corrected chi connectivity index (χ1v) is 9.96. The molecule has 0 aliphatic rings. The summed E-state index contributed by atoms with van der Waals surface area (Å²) >= 11 is 6.09. The Morgan fingerprint density at radius 1 is 1.00 bits per heavy atom. The van der Waals surface area contributed by atoms with Gasteiger partial charge in [-0.25, -0.2) is 0 Å². The maximum Gasteiger partial charge on any atom is 0.265 e. The lowest BCUT2D eigenvalue weighted by molar-refractivity contribution is -0.122. The Bertz CT molecular complexity index is 1020. The molecule has 0 heterocycles. The summed E-state index contributed by atoms with van der Waals surface area (Å²) in [6.07, 6.45) is -0.720. The van der Waals surface area contributed by atoms with E-state index in [2.05, 4.69) is 10.6 Å². The lowest BCUT2D eigenvalue weighted by Crippen LogP contribution is -2.30. The molecule has 0 bridgehead atoms. The number of carbonyl (C=O) groups is 2. The average Bonchev–Trinajstić information content (AvgIpc) is 2.76. The van der Waals surface area contributed by atoms with E-state index in [-0.39, 0.29) is 11.8 Å². The van der Waals surface area contributed by atoms with Crippen LogP contribution in [0.2, 0.25) is 5.02 Å². The third kappa shape index (κ3) is 5.84. The topological polar surface area (TPSA) is 67.4 Å². The van der Waals surface area contributed by atoms with Crippen molar-refractivity contribution in [3.8, 4) is 5.75 Å². The van der Waals surface area contributed by atoms with Gasteiger partial charge in [-0.1, -0.05) is 48.0 Å². The Kier molecular flexibility index (Phi) is 7.09. The number of carbonyl (C=O) groups excluding carboxylic acids is 2. The standard InChI is InChI=1S/C24H23ClN2O3/c1-16-8-11-20(14-22(16)25)27-23(28)17(2)30-21-12-9-19(10-13-21)24(29)26-15-18-6-4-3-5-7-18/h3-14,17H,15H2,1-2H3,(H,26,29)(H,27,28)/t17-/m0/s1. The molecular weight excluding hydrogens is 400 g/mol. The fourth-order valence-electron chi connectivity index (χ4n) is 2.74. The minimum absolute atomic E-state index is 0.174. The van der Waals surface area contributed by atoms with Crippen LogP contribution in [0.3, 0.4) is 0 Å². The maximum atomic E-state index is 12.4. The van der Waals surface area contributed by atoms with E-state index in [9.17, 15) is 9.59 Å². The fourth-order valence-corrected chi connectivity index (χ4v) is 2.92. The summed E-state index contributed by atoms with van der Waals surface area (Å²) in [5.74, 6) is 0.0336. The third-order valence-electron chi connectivity index (χ3n) is 4.53. The summed E-state index contributed by atoms with van der Waals surface area (Å²) in [5.41, 5.74) is 3.09. The highest BCUT2D eigenvalue weighted by Gasteiger charge is 2.16. The maximum absolute atomic E-state index is 12.4. The molecule has 6 heteroatoms. The van der Waals surface area contributed by atoms with Gasteiger partial charge in [-0.15, -0.1) is 0 Å². The molecule has 30 heavy (non-hydrogen) atoms. The second-order valence-electron chi connectivity index (χ2n) is 6.91. The highest BCUT2D eigenvalue weighted by Crippen LogP contribution is 2.20. The molecule has 3 aromatic carbocycles. The Morgan fingerprint density at radius 3 is 2.37 bits per heavy atom. The largest absolute Gasteiger partial charge is 0.481 e. The highest BCUT2D eigenvalue weighted by atomic mass is 35.5. The van der Waals surface area contributed by atoms with Crippen LogP contribution in [0.25, 0.3) is 0 Å². The molecule has 3 aromatic rings. The molecule has 0 aromatic heterocycles. The van der Waals surface area contributed by atoms with E-state index in [4.69, 9.17) is 16.3 Å². The van der Waals surface area contributed by atoms with Crippen LogP contribution in [0.1, 0.15) is 28.4 Å². The van der Waals surface area contributed by atoms with Crippen LogP contribution in [0.5, 0.6) is 5.75 Å². The molecule has 154 valence electrons. The van der Waals surface area contributed by atoms with Crippen molar-refractivity contribution in [2.24, 2.45) is 0 Å². The van der Waals surface area contributed by atoms with Gasteiger partial charge in [0.25, 0.3) is 11.8 Å². The summed E-state index contributed by atoms with van der Waals surface area (Å²) in [5, 5.41) is 6.24. The van der Waals surface area contributed by atoms with Crippen LogP contribution >= 0.6 is 11.6 Å². The van der Waals surface area contributed by atoms with E-state index < -0.39 is 6.10 Å². The number of amides is 2. The molecule has 0 fully saturated rings. The number of benzene rings is 3. The Hall–Kier alpha value is -3.31. The molecule has 0 saturated heterocycles. The summed E-state index contributed by atoms with van der Waals surface area (Å²) < 4.78 is 5.69. The summed E-state index contributed by atoms with van der Waals surface area (Å²) in [7, 11) is 0. The Balaban J connectivity index is 1.53. The van der Waals surface area contributed by atoms with Gasteiger partial charge in [-0.2, -0.15) is 0 Å². The van der Waals surface area contributed by atoms with E-state index >= 15 is 0 Å². The smallest absolute Gasteiger partial charge is 0.265 e. The van der Waals surface area contributed by atoms with Gasteiger partial charge in [0.15, 0.2) is 6.10 Å². The van der Waals surface area contributed by atoms with Crippen LogP contribution in [0.15, 0.2) is 72.8 Å². The van der Waals surface area contributed by atoms with Crippen molar-refractivity contribution < 1.29 is 14.3 Å². The summed E-state index contributed by atoms with van der Waals surface area (Å²) in [6, 6.07) is 21.7. The Morgan fingerprint density at radius 2 is 1.70 bits per heavy atom. The molecule has 0 unspecified atom stereocenters. The number of hydrogen-bond donors (Lipinski definition) is 2. The highest BCUT2D eigenvalue weighted by molar-refractivity contribution is 6.31. The fraction of sp³-hybridized carbons (Fsp3) is 0.167. The van der Waals surface area contributed by atoms with E-state index in [1.54, 1.807) is 43.3 Å². The zero-order chi connectivity index (χ0) is 21.5. The second kappa shape index (κ2) is 9.94. The van der Waals surface area contributed by atoms with Crippen molar-refractivity contribution in [2.45, 2.75) is 26.5 Å². The van der Waals surface area contributed by atoms with Crippen molar-refractivity contribution in [3.63, 3.8) is 0 Å². The number of ether oxygens (including phenoxy) is 1. The van der Waals surface area contributed by atoms with Gasteiger partial charge in [-0.05, 0) is 61.4 Å². The van der Waals surface area contributed by atoms with Crippen molar-refractivity contribution in [1.82, 2.24) is 5.32 Å². The first-order chi connectivity index (χ1) is 14.4. The molecule has 3 rings (SSSR count). The van der Waals surface area contributed by atoms with Gasteiger partial charge in [0.05, 0.1) is 0 Å². The predicted octanol–water partition coefficient (Wildman–Crippen LogP) is 4.98. The number of aryl methyl sites for hydroxylation is 1. The predicted molar refractivity (Wildman–Crippen MR) is 119 cm³/mol. The number of hydrogen-bond acceptors (Lipinski definition) is 3. The number of anilines is 1. The number of halogens is 1. The molecule has 0 saturated carbocycles. The van der Waals surface area contributed by atoms with Gasteiger partial charge in [0.2, 0.25) is 0 Å². The SMILES string of the molecule is Cc1ccc(NC(=O)[C@H](C)Oc2ccc(C(=O)NCc3ccccc3)cc2)cc1Cl. The van der Waals surface area contributed by atoms with E-state index in [1.165, 1.54) is 0 Å². The van der Waals surface area contributed by atoms with Crippen molar-refractivity contribution in [3.05, 3.63) is 94.5 Å². The van der Waals surface area contributed by atoms with Crippen molar-refractivity contribution in [2.75, 3.05) is 5.32 Å². The summed E-state index contributed by atoms with van der Waals surface area (Å²) in [4.78, 5) is 24.7. The van der Waals surface area contributed by atoms with Crippen LogP contribution in [0.4, 0.5) is 5.69 Å². The lowest BCUT2D eigenvalue weighted by Gasteiger charge is -2.15. The molecule has 5 nitrogen and oxygen atoms in total. The first kappa shape index (κ1) is 21.4. The third-order valence-corrected chi connectivity index (χ3v) is 4.94. The van der Waals surface area contributed by atoms with Crippen molar-refractivity contribution >= 4 is 29.1 Å². The molecule has 2 amide bonds. The van der Waals surface area contributed by atoms with Gasteiger partial charge >= 0.3 is 0 Å². The molecule has 0 radical (unpaired) electrons. The van der Waals surface area contributed by atoms with Gasteiger partial charge in [0.1, 0.15) is 5.75 Å². The van der Waals surface area contributed by atoms with Crippen LogP contribution in [-0.2, 0) is 11.3 Å². The number of nitrogens with one attached hydrogen (secondary N) is 2. The van der Waals surface area contributed by atoms with Crippen LogP contribution in [0, 0.1) is 6.92 Å². The first-order valence-electron chi connectivity index (χ1n) is 9.58. The van der Waals surface area contributed by atoms with E-state index in [0.29, 0.717) is 28.6 Å². The van der Waals surface area contributed by atoms with E-state index in [1.807, 2.05) is 43.3 Å².